The molecule has 1 rings (SSSR count). The summed E-state index contributed by atoms with van der Waals surface area (Å²) in [4.78, 5) is 0. The standard InChI is InChI=1S/C20H42O2Si/c1-19(2,3)21-23(22-20(4,5)6)17-13-8-7-10-14-18-15-11-9-12-16-18/h18,23H,7-17H2,1-6H3. The zero-order chi connectivity index (χ0) is 17.3. The van der Waals surface area contributed by atoms with Crippen molar-refractivity contribution in [1.82, 2.24) is 0 Å². The Morgan fingerprint density at radius 1 is 0.739 bits per heavy atom. The monoisotopic (exact) mass is 342 g/mol. The van der Waals surface area contributed by atoms with Crippen LogP contribution < -0.4 is 0 Å². The van der Waals surface area contributed by atoms with Gasteiger partial charge in [0.25, 0.3) is 0 Å². The molecule has 0 atom stereocenters. The van der Waals surface area contributed by atoms with E-state index in [2.05, 4.69) is 41.5 Å². The average molecular weight is 343 g/mol. The van der Waals surface area contributed by atoms with Gasteiger partial charge in [-0.1, -0.05) is 64.2 Å². The van der Waals surface area contributed by atoms with Crippen LogP contribution in [0.25, 0.3) is 0 Å². The Morgan fingerprint density at radius 3 is 1.78 bits per heavy atom. The quantitative estimate of drug-likeness (QED) is 0.358. The first-order valence-corrected chi connectivity index (χ1v) is 11.8. The molecule has 1 aliphatic rings. The Bertz CT molecular complexity index is 282. The van der Waals surface area contributed by atoms with Crippen molar-refractivity contribution in [3.63, 3.8) is 0 Å². The van der Waals surface area contributed by atoms with Crippen LogP contribution in [0.15, 0.2) is 0 Å². The van der Waals surface area contributed by atoms with Crippen LogP contribution in [-0.4, -0.2) is 20.5 Å². The Labute approximate surface area is 147 Å². The largest absolute Gasteiger partial charge is 0.392 e. The fourth-order valence-electron chi connectivity index (χ4n) is 3.50. The van der Waals surface area contributed by atoms with E-state index in [0.717, 1.165) is 12.0 Å². The van der Waals surface area contributed by atoms with Gasteiger partial charge in [-0.3, -0.25) is 0 Å². The van der Waals surface area contributed by atoms with Crippen molar-refractivity contribution in [3.8, 4) is 0 Å². The molecule has 0 aromatic carbocycles. The molecule has 0 unspecified atom stereocenters. The third-order valence-corrected chi connectivity index (χ3v) is 7.32. The lowest BCUT2D eigenvalue weighted by molar-refractivity contribution is 0.0335. The van der Waals surface area contributed by atoms with Gasteiger partial charge in [0.15, 0.2) is 0 Å². The second-order valence-corrected chi connectivity index (χ2v) is 11.3. The van der Waals surface area contributed by atoms with Gasteiger partial charge in [0.05, 0.1) is 0 Å². The fraction of sp³-hybridized carbons (Fsp3) is 1.00. The van der Waals surface area contributed by atoms with Gasteiger partial charge in [0, 0.05) is 11.2 Å². The zero-order valence-electron chi connectivity index (χ0n) is 16.7. The molecular formula is C20H42O2Si. The highest BCUT2D eigenvalue weighted by molar-refractivity contribution is 6.44. The molecule has 0 N–H and O–H groups in total. The molecule has 3 heteroatoms. The second kappa shape index (κ2) is 10.2. The first-order valence-electron chi connectivity index (χ1n) is 10.0. The van der Waals surface area contributed by atoms with Crippen molar-refractivity contribution in [1.29, 1.82) is 0 Å². The normalized spacial score (nSPS) is 17.9. The first kappa shape index (κ1) is 21.2. The van der Waals surface area contributed by atoms with Gasteiger partial charge >= 0.3 is 9.28 Å². The topological polar surface area (TPSA) is 18.5 Å². The summed E-state index contributed by atoms with van der Waals surface area (Å²) < 4.78 is 12.5. The van der Waals surface area contributed by atoms with E-state index in [1.54, 1.807) is 0 Å². The van der Waals surface area contributed by atoms with E-state index in [0.29, 0.717) is 0 Å². The molecule has 1 fully saturated rings. The molecule has 0 radical (unpaired) electrons. The lowest BCUT2D eigenvalue weighted by atomic mass is 9.85. The van der Waals surface area contributed by atoms with Crippen LogP contribution in [0, 0.1) is 5.92 Å². The third-order valence-electron chi connectivity index (χ3n) is 4.50. The van der Waals surface area contributed by atoms with Crippen molar-refractivity contribution in [3.05, 3.63) is 0 Å². The van der Waals surface area contributed by atoms with Gasteiger partial charge < -0.3 is 8.85 Å². The van der Waals surface area contributed by atoms with Gasteiger partial charge in [-0.15, -0.1) is 0 Å². The lowest BCUT2D eigenvalue weighted by Crippen LogP contribution is -2.38. The van der Waals surface area contributed by atoms with Crippen LogP contribution in [0.2, 0.25) is 6.04 Å². The summed E-state index contributed by atoms with van der Waals surface area (Å²) in [6, 6.07) is 1.15. The predicted octanol–water partition coefficient (Wildman–Crippen LogP) is 6.37. The maximum absolute atomic E-state index is 6.23. The minimum atomic E-state index is -1.56. The van der Waals surface area contributed by atoms with Gasteiger partial charge in [0.1, 0.15) is 0 Å². The first-order chi connectivity index (χ1) is 10.7. The number of hydrogen-bond acceptors (Lipinski definition) is 2. The summed E-state index contributed by atoms with van der Waals surface area (Å²) in [6.45, 7) is 12.9. The number of hydrogen-bond donors (Lipinski definition) is 0. The Balaban J connectivity index is 2.15. The third kappa shape index (κ3) is 12.2. The van der Waals surface area contributed by atoms with Crippen molar-refractivity contribution in [2.75, 3.05) is 0 Å². The van der Waals surface area contributed by atoms with Crippen molar-refractivity contribution in [2.45, 2.75) is 123 Å². The summed E-state index contributed by atoms with van der Waals surface area (Å²) in [5.74, 6) is 1.04. The summed E-state index contributed by atoms with van der Waals surface area (Å²) in [5, 5.41) is 0. The van der Waals surface area contributed by atoms with Crippen LogP contribution in [0.3, 0.4) is 0 Å². The Morgan fingerprint density at radius 2 is 1.26 bits per heavy atom. The van der Waals surface area contributed by atoms with Gasteiger partial charge in [-0.05, 0) is 53.5 Å². The smallest absolute Gasteiger partial charge is 0.322 e. The minimum Gasteiger partial charge on any atom is -0.392 e. The van der Waals surface area contributed by atoms with E-state index in [4.69, 9.17) is 8.85 Å². The molecule has 138 valence electrons. The molecule has 23 heavy (non-hydrogen) atoms. The minimum absolute atomic E-state index is 0.0802. The van der Waals surface area contributed by atoms with Gasteiger partial charge in [0.2, 0.25) is 0 Å². The summed E-state index contributed by atoms with van der Waals surface area (Å²) in [7, 11) is -1.56. The van der Waals surface area contributed by atoms with E-state index in [1.165, 1.54) is 64.2 Å². The molecule has 0 aromatic heterocycles. The molecular weight excluding hydrogens is 300 g/mol. The van der Waals surface area contributed by atoms with Crippen LogP contribution in [0.1, 0.15) is 106 Å². The number of unbranched alkanes of at least 4 members (excludes halogenated alkanes) is 3. The molecule has 0 heterocycles. The van der Waals surface area contributed by atoms with Crippen molar-refractivity contribution < 1.29 is 8.85 Å². The maximum Gasteiger partial charge on any atom is 0.322 e. The molecule has 2 nitrogen and oxygen atoms in total. The van der Waals surface area contributed by atoms with E-state index < -0.39 is 9.28 Å². The zero-order valence-corrected chi connectivity index (χ0v) is 17.9. The highest BCUT2D eigenvalue weighted by Crippen LogP contribution is 2.28. The van der Waals surface area contributed by atoms with Crippen LogP contribution in [0.5, 0.6) is 0 Å². The molecule has 0 saturated heterocycles. The SMILES string of the molecule is CC(C)(C)O[SiH](CCCCCCC1CCCCC1)OC(C)(C)C. The summed E-state index contributed by atoms with van der Waals surface area (Å²) >= 11 is 0. The summed E-state index contributed by atoms with van der Waals surface area (Å²) in [6.07, 6.45) is 14.3. The van der Waals surface area contributed by atoms with E-state index >= 15 is 0 Å². The molecule has 1 saturated carbocycles. The van der Waals surface area contributed by atoms with Crippen LogP contribution >= 0.6 is 0 Å². The van der Waals surface area contributed by atoms with E-state index in [-0.39, 0.29) is 11.2 Å². The van der Waals surface area contributed by atoms with Gasteiger partial charge in [-0.2, -0.15) is 0 Å². The molecule has 0 aliphatic heterocycles. The van der Waals surface area contributed by atoms with E-state index in [9.17, 15) is 0 Å². The highest BCUT2D eigenvalue weighted by Gasteiger charge is 2.26. The van der Waals surface area contributed by atoms with Crippen LogP contribution in [-0.2, 0) is 8.85 Å². The number of rotatable bonds is 9. The molecule has 1 aliphatic carbocycles. The van der Waals surface area contributed by atoms with E-state index in [1.807, 2.05) is 0 Å². The fourth-order valence-corrected chi connectivity index (χ4v) is 5.99. The molecule has 0 aromatic rings. The molecule has 0 bridgehead atoms. The Kier molecular flexibility index (Phi) is 9.39. The van der Waals surface area contributed by atoms with Crippen molar-refractivity contribution >= 4 is 9.28 Å². The average Bonchev–Trinajstić information content (AvgIpc) is 2.40. The maximum atomic E-state index is 6.23. The second-order valence-electron chi connectivity index (χ2n) is 9.39. The lowest BCUT2D eigenvalue weighted by Gasteiger charge is -2.32. The van der Waals surface area contributed by atoms with Crippen molar-refractivity contribution in [2.24, 2.45) is 5.92 Å². The highest BCUT2D eigenvalue weighted by atomic mass is 28.3. The van der Waals surface area contributed by atoms with Crippen LogP contribution in [0.4, 0.5) is 0 Å². The predicted molar refractivity (Wildman–Crippen MR) is 103 cm³/mol. The Hall–Kier alpha value is 0.137. The molecule has 0 amide bonds. The molecule has 0 spiro atoms. The van der Waals surface area contributed by atoms with Gasteiger partial charge in [-0.25, -0.2) is 0 Å². The summed E-state index contributed by atoms with van der Waals surface area (Å²) in [5.41, 5.74) is -0.160.